The average molecular weight is 167 g/mol. The van der Waals surface area contributed by atoms with Gasteiger partial charge in [0.25, 0.3) is 0 Å². The first-order valence-corrected chi connectivity index (χ1v) is 4.70. The summed E-state index contributed by atoms with van der Waals surface area (Å²) in [6, 6.07) is 0. The Kier molecular flexibility index (Phi) is 1.74. The van der Waals surface area contributed by atoms with Gasteiger partial charge in [0.15, 0.2) is 0 Å². The maximum absolute atomic E-state index is 6.36. The fourth-order valence-electron chi connectivity index (χ4n) is 2.52. The molecule has 0 aromatic heterocycles. The monoisotopic (exact) mass is 167 g/mol. The summed E-state index contributed by atoms with van der Waals surface area (Å²) in [5.41, 5.74) is 7.81. The standard InChI is InChI=1S/C11H21N/c1-7-8(2)11(12)9(3,4)10(11,5)6/h2,7,12H2,1,3-6H3. The predicted molar refractivity (Wildman–Crippen MR) is 53.9 cm³/mol. The lowest BCUT2D eigenvalue weighted by atomic mass is 9.96. The first-order valence-electron chi connectivity index (χ1n) is 4.70. The second-order valence-corrected chi connectivity index (χ2v) is 5.02. The van der Waals surface area contributed by atoms with Crippen LogP contribution in [-0.2, 0) is 0 Å². The molecule has 12 heavy (non-hydrogen) atoms. The average Bonchev–Trinajstić information content (AvgIpc) is 2.28. The number of hydrogen-bond acceptors (Lipinski definition) is 1. The molecular formula is C11H21N. The van der Waals surface area contributed by atoms with Crippen LogP contribution in [0.5, 0.6) is 0 Å². The molecule has 1 saturated carbocycles. The Morgan fingerprint density at radius 2 is 1.50 bits per heavy atom. The molecule has 0 unspecified atom stereocenters. The topological polar surface area (TPSA) is 26.0 Å². The van der Waals surface area contributed by atoms with Gasteiger partial charge in [-0.1, -0.05) is 46.8 Å². The summed E-state index contributed by atoms with van der Waals surface area (Å²) < 4.78 is 0. The Hall–Kier alpha value is -0.300. The van der Waals surface area contributed by atoms with Gasteiger partial charge in [0, 0.05) is 5.54 Å². The van der Waals surface area contributed by atoms with Crippen LogP contribution in [0.4, 0.5) is 0 Å². The van der Waals surface area contributed by atoms with Crippen LogP contribution in [0.3, 0.4) is 0 Å². The highest BCUT2D eigenvalue weighted by Crippen LogP contribution is 2.72. The lowest BCUT2D eigenvalue weighted by Gasteiger charge is -2.17. The Labute approximate surface area is 76.0 Å². The van der Waals surface area contributed by atoms with E-state index in [1.54, 1.807) is 0 Å². The van der Waals surface area contributed by atoms with Gasteiger partial charge in [0.1, 0.15) is 0 Å². The number of nitrogens with two attached hydrogens (primary N) is 1. The smallest absolute Gasteiger partial charge is 0.0481 e. The minimum Gasteiger partial charge on any atom is -0.321 e. The van der Waals surface area contributed by atoms with Crippen molar-refractivity contribution in [2.75, 3.05) is 0 Å². The Morgan fingerprint density at radius 1 is 1.17 bits per heavy atom. The second-order valence-electron chi connectivity index (χ2n) is 5.02. The highest BCUT2D eigenvalue weighted by molar-refractivity contribution is 5.41. The molecule has 1 fully saturated rings. The van der Waals surface area contributed by atoms with E-state index < -0.39 is 0 Å². The summed E-state index contributed by atoms with van der Waals surface area (Å²) >= 11 is 0. The summed E-state index contributed by atoms with van der Waals surface area (Å²) in [6.45, 7) is 15.1. The molecule has 0 spiro atoms. The molecule has 1 aliphatic rings. The van der Waals surface area contributed by atoms with E-state index in [0.29, 0.717) is 0 Å². The fraction of sp³-hybridized carbons (Fsp3) is 0.818. The molecule has 1 aliphatic carbocycles. The van der Waals surface area contributed by atoms with Crippen LogP contribution in [0.1, 0.15) is 41.0 Å². The fourth-order valence-corrected chi connectivity index (χ4v) is 2.52. The zero-order chi connectivity index (χ0) is 9.78. The quantitative estimate of drug-likeness (QED) is 0.629. The lowest BCUT2D eigenvalue weighted by molar-refractivity contribution is 0.457. The van der Waals surface area contributed by atoms with Gasteiger partial charge in [0.05, 0.1) is 0 Å². The van der Waals surface area contributed by atoms with Crippen molar-refractivity contribution in [2.45, 2.75) is 46.6 Å². The van der Waals surface area contributed by atoms with Crippen LogP contribution in [0.15, 0.2) is 12.2 Å². The maximum Gasteiger partial charge on any atom is 0.0481 e. The summed E-state index contributed by atoms with van der Waals surface area (Å²) in [4.78, 5) is 0. The molecular weight excluding hydrogens is 146 g/mol. The molecule has 70 valence electrons. The zero-order valence-corrected chi connectivity index (χ0v) is 8.99. The number of rotatable bonds is 2. The van der Waals surface area contributed by atoms with Gasteiger partial charge in [-0.25, -0.2) is 0 Å². The van der Waals surface area contributed by atoms with Crippen LogP contribution < -0.4 is 5.73 Å². The van der Waals surface area contributed by atoms with Crippen LogP contribution in [-0.4, -0.2) is 5.54 Å². The van der Waals surface area contributed by atoms with E-state index in [-0.39, 0.29) is 16.4 Å². The van der Waals surface area contributed by atoms with E-state index in [9.17, 15) is 0 Å². The zero-order valence-electron chi connectivity index (χ0n) is 8.99. The third kappa shape index (κ3) is 0.687. The largest absolute Gasteiger partial charge is 0.321 e. The van der Waals surface area contributed by atoms with Crippen LogP contribution in [0.25, 0.3) is 0 Å². The molecule has 1 rings (SSSR count). The van der Waals surface area contributed by atoms with Gasteiger partial charge >= 0.3 is 0 Å². The molecule has 0 atom stereocenters. The summed E-state index contributed by atoms with van der Waals surface area (Å²) in [7, 11) is 0. The van der Waals surface area contributed by atoms with E-state index in [1.165, 1.54) is 5.57 Å². The molecule has 0 radical (unpaired) electrons. The van der Waals surface area contributed by atoms with Gasteiger partial charge in [-0.2, -0.15) is 0 Å². The molecule has 1 nitrogen and oxygen atoms in total. The second kappa shape index (κ2) is 2.14. The Morgan fingerprint density at radius 3 is 1.58 bits per heavy atom. The van der Waals surface area contributed by atoms with E-state index in [2.05, 4.69) is 41.2 Å². The molecule has 0 amide bonds. The Balaban J connectivity index is 3.00. The molecule has 0 aliphatic heterocycles. The van der Waals surface area contributed by atoms with Crippen molar-refractivity contribution >= 4 is 0 Å². The summed E-state index contributed by atoms with van der Waals surface area (Å²) in [5, 5.41) is 0. The summed E-state index contributed by atoms with van der Waals surface area (Å²) in [5.74, 6) is 0. The van der Waals surface area contributed by atoms with Crippen LogP contribution >= 0.6 is 0 Å². The molecule has 0 aromatic rings. The molecule has 2 N–H and O–H groups in total. The SMILES string of the molecule is C=C(CC)C1(N)C(C)(C)C1(C)C. The lowest BCUT2D eigenvalue weighted by Crippen LogP contribution is -2.32. The minimum atomic E-state index is -0.144. The highest BCUT2D eigenvalue weighted by Gasteiger charge is 2.75. The van der Waals surface area contributed by atoms with Crippen LogP contribution in [0.2, 0.25) is 0 Å². The van der Waals surface area contributed by atoms with E-state index in [4.69, 9.17) is 5.73 Å². The molecule has 0 saturated heterocycles. The van der Waals surface area contributed by atoms with Crippen molar-refractivity contribution in [3.63, 3.8) is 0 Å². The van der Waals surface area contributed by atoms with Crippen molar-refractivity contribution in [1.29, 1.82) is 0 Å². The minimum absolute atomic E-state index is 0.144. The van der Waals surface area contributed by atoms with E-state index >= 15 is 0 Å². The van der Waals surface area contributed by atoms with Crippen molar-refractivity contribution < 1.29 is 0 Å². The predicted octanol–water partition coefficient (Wildman–Crippen LogP) is 2.72. The first kappa shape index (κ1) is 9.79. The van der Waals surface area contributed by atoms with Crippen LogP contribution in [0, 0.1) is 10.8 Å². The van der Waals surface area contributed by atoms with Gasteiger partial charge in [-0.15, -0.1) is 0 Å². The van der Waals surface area contributed by atoms with Crippen molar-refractivity contribution in [3.8, 4) is 0 Å². The maximum atomic E-state index is 6.36. The highest BCUT2D eigenvalue weighted by atomic mass is 15.0. The normalized spacial score (nSPS) is 28.2. The van der Waals surface area contributed by atoms with Gasteiger partial charge < -0.3 is 5.73 Å². The van der Waals surface area contributed by atoms with Crippen molar-refractivity contribution in [1.82, 2.24) is 0 Å². The molecule has 0 aromatic carbocycles. The molecule has 0 bridgehead atoms. The first-order chi connectivity index (χ1) is 5.23. The molecule has 1 heteroatoms. The Bertz CT molecular complexity index is 209. The molecule has 0 heterocycles. The van der Waals surface area contributed by atoms with Crippen molar-refractivity contribution in [3.05, 3.63) is 12.2 Å². The summed E-state index contributed by atoms with van der Waals surface area (Å²) in [6.07, 6.45) is 0.989. The van der Waals surface area contributed by atoms with E-state index in [0.717, 1.165) is 6.42 Å². The van der Waals surface area contributed by atoms with Gasteiger partial charge in [-0.3, -0.25) is 0 Å². The van der Waals surface area contributed by atoms with E-state index in [1.807, 2.05) is 0 Å². The van der Waals surface area contributed by atoms with Crippen molar-refractivity contribution in [2.24, 2.45) is 16.6 Å². The third-order valence-corrected chi connectivity index (χ3v) is 4.46. The van der Waals surface area contributed by atoms with Gasteiger partial charge in [-0.05, 0) is 17.3 Å². The third-order valence-electron chi connectivity index (χ3n) is 4.46. The van der Waals surface area contributed by atoms with Gasteiger partial charge in [0.2, 0.25) is 0 Å². The number of hydrogen-bond donors (Lipinski definition) is 1.